The van der Waals surface area contributed by atoms with Crippen molar-refractivity contribution in [2.24, 2.45) is 0 Å². The van der Waals surface area contributed by atoms with E-state index in [0.717, 1.165) is 24.9 Å². The zero-order chi connectivity index (χ0) is 22.0. The smallest absolute Gasteiger partial charge is 0.243 e. The van der Waals surface area contributed by atoms with Gasteiger partial charge in [-0.15, -0.1) is 0 Å². The fourth-order valence-corrected chi connectivity index (χ4v) is 5.34. The van der Waals surface area contributed by atoms with E-state index in [4.69, 9.17) is 4.74 Å². The molecular weight excluding hydrogens is 416 g/mol. The molecular formula is C21H24N6O3S. The van der Waals surface area contributed by atoms with E-state index >= 15 is 0 Å². The summed E-state index contributed by atoms with van der Waals surface area (Å²) in [6.45, 7) is 1.09. The number of hydrogen-bond acceptors (Lipinski definition) is 7. The number of ether oxygens (including phenoxy) is 1. The summed E-state index contributed by atoms with van der Waals surface area (Å²) in [6.07, 6.45) is 4.43. The Morgan fingerprint density at radius 2 is 1.97 bits per heavy atom. The summed E-state index contributed by atoms with van der Waals surface area (Å²) >= 11 is 0. The number of H-pyrrole nitrogens is 1. The first-order valence-electron chi connectivity index (χ1n) is 10.0. The number of aromatic amines is 1. The van der Waals surface area contributed by atoms with Crippen LogP contribution in [0.3, 0.4) is 0 Å². The molecule has 4 rings (SSSR count). The van der Waals surface area contributed by atoms with E-state index in [2.05, 4.69) is 26.7 Å². The summed E-state index contributed by atoms with van der Waals surface area (Å²) in [5.41, 5.74) is 2.40. The molecule has 3 heterocycles. The van der Waals surface area contributed by atoms with Crippen LogP contribution in [0.2, 0.25) is 0 Å². The van der Waals surface area contributed by atoms with Gasteiger partial charge in [-0.2, -0.15) is 9.57 Å². The van der Waals surface area contributed by atoms with Crippen LogP contribution in [0.25, 0.3) is 11.0 Å². The predicted octanol–water partition coefficient (Wildman–Crippen LogP) is 3.40. The maximum absolute atomic E-state index is 13.0. The number of fused-ring (bicyclic) bond motifs is 1. The van der Waals surface area contributed by atoms with Crippen LogP contribution in [-0.2, 0) is 10.0 Å². The van der Waals surface area contributed by atoms with Crippen molar-refractivity contribution in [3.05, 3.63) is 36.0 Å². The summed E-state index contributed by atoms with van der Waals surface area (Å²) in [5.74, 6) is 0.920. The van der Waals surface area contributed by atoms with Crippen molar-refractivity contribution < 1.29 is 13.2 Å². The van der Waals surface area contributed by atoms with Gasteiger partial charge < -0.3 is 20.4 Å². The van der Waals surface area contributed by atoms with E-state index in [-0.39, 0.29) is 4.90 Å². The van der Waals surface area contributed by atoms with Crippen molar-refractivity contribution in [1.82, 2.24) is 14.3 Å². The maximum Gasteiger partial charge on any atom is 0.243 e. The SMILES string of the molecule is CNc1cc(Nc2ccc(S(=O)(=O)N3CCCCC3)cc2OC)nc2[nH]cc(C#N)c12. The molecule has 0 atom stereocenters. The standard InChI is InChI=1S/C21H24N6O3S/c1-23-17-11-19(26-21-20(17)14(12-22)13-24-21)25-16-7-6-15(10-18(16)30-2)31(28,29)27-8-4-3-5-9-27/h6-7,10-11,13H,3-5,8-9H2,1-2H3,(H3,23,24,25,26). The van der Waals surface area contributed by atoms with Crippen LogP contribution in [0.4, 0.5) is 17.2 Å². The molecule has 0 bridgehead atoms. The highest BCUT2D eigenvalue weighted by molar-refractivity contribution is 7.89. The minimum absolute atomic E-state index is 0.208. The largest absolute Gasteiger partial charge is 0.495 e. The van der Waals surface area contributed by atoms with Crippen molar-refractivity contribution in [3.63, 3.8) is 0 Å². The number of anilines is 3. The molecule has 1 aliphatic rings. The summed E-state index contributed by atoms with van der Waals surface area (Å²) in [6, 6.07) is 8.72. The molecule has 1 saturated heterocycles. The molecule has 9 nitrogen and oxygen atoms in total. The minimum atomic E-state index is -3.56. The lowest BCUT2D eigenvalue weighted by atomic mass is 10.2. The van der Waals surface area contributed by atoms with Crippen molar-refractivity contribution in [2.45, 2.75) is 24.2 Å². The second kappa shape index (κ2) is 8.45. The molecule has 0 amide bonds. The van der Waals surface area contributed by atoms with Gasteiger partial charge in [0.2, 0.25) is 10.0 Å². The fraction of sp³-hybridized carbons (Fsp3) is 0.333. The average Bonchev–Trinajstić information content (AvgIpc) is 3.22. The van der Waals surface area contributed by atoms with E-state index in [0.29, 0.717) is 46.9 Å². The van der Waals surface area contributed by atoms with Gasteiger partial charge in [0, 0.05) is 44.2 Å². The van der Waals surface area contributed by atoms with Gasteiger partial charge >= 0.3 is 0 Å². The molecule has 3 aromatic rings. The summed E-state index contributed by atoms with van der Waals surface area (Å²) < 4.78 is 33.0. The Hall–Kier alpha value is -3.29. The maximum atomic E-state index is 13.0. The van der Waals surface area contributed by atoms with Gasteiger partial charge in [0.15, 0.2) is 0 Å². The third-order valence-electron chi connectivity index (χ3n) is 5.42. The van der Waals surface area contributed by atoms with Crippen LogP contribution in [0.1, 0.15) is 24.8 Å². The number of nitriles is 1. The lowest BCUT2D eigenvalue weighted by molar-refractivity contribution is 0.346. The molecule has 1 fully saturated rings. The zero-order valence-corrected chi connectivity index (χ0v) is 18.2. The summed E-state index contributed by atoms with van der Waals surface area (Å²) in [5, 5.41) is 16.3. The Morgan fingerprint density at radius 3 is 2.65 bits per heavy atom. The zero-order valence-electron chi connectivity index (χ0n) is 17.4. The molecule has 0 saturated carbocycles. The number of nitrogens with one attached hydrogen (secondary N) is 3. The van der Waals surface area contributed by atoms with E-state index in [1.165, 1.54) is 17.5 Å². The lowest BCUT2D eigenvalue weighted by Gasteiger charge is -2.26. The third kappa shape index (κ3) is 3.89. The van der Waals surface area contributed by atoms with Gasteiger partial charge in [0.25, 0.3) is 0 Å². The Bertz CT molecular complexity index is 1260. The molecule has 10 heteroatoms. The highest BCUT2D eigenvalue weighted by Gasteiger charge is 2.27. The van der Waals surface area contributed by atoms with Crippen molar-refractivity contribution in [2.75, 3.05) is 37.9 Å². The predicted molar refractivity (Wildman–Crippen MR) is 119 cm³/mol. The number of piperidine rings is 1. The number of pyridine rings is 1. The van der Waals surface area contributed by atoms with Crippen LogP contribution in [0, 0.1) is 11.3 Å². The first-order chi connectivity index (χ1) is 15.0. The summed E-state index contributed by atoms with van der Waals surface area (Å²) in [7, 11) is -0.291. The van der Waals surface area contributed by atoms with Crippen LogP contribution < -0.4 is 15.4 Å². The lowest BCUT2D eigenvalue weighted by Crippen LogP contribution is -2.35. The summed E-state index contributed by atoms with van der Waals surface area (Å²) in [4.78, 5) is 7.74. The van der Waals surface area contributed by atoms with Gasteiger partial charge in [0.05, 0.1) is 28.6 Å². The van der Waals surface area contributed by atoms with Crippen LogP contribution in [0.5, 0.6) is 5.75 Å². The molecule has 3 N–H and O–H groups in total. The number of nitrogens with zero attached hydrogens (tertiary/aromatic N) is 3. The van der Waals surface area contributed by atoms with Crippen molar-refractivity contribution >= 4 is 38.2 Å². The topological polar surface area (TPSA) is 123 Å². The molecule has 0 radical (unpaired) electrons. The highest BCUT2D eigenvalue weighted by Crippen LogP contribution is 2.34. The van der Waals surface area contributed by atoms with Crippen molar-refractivity contribution in [3.8, 4) is 11.8 Å². The number of benzene rings is 1. The molecule has 0 aliphatic carbocycles. The highest BCUT2D eigenvalue weighted by atomic mass is 32.2. The average molecular weight is 441 g/mol. The van der Waals surface area contributed by atoms with Crippen LogP contribution >= 0.6 is 0 Å². The molecule has 1 aromatic carbocycles. The second-order valence-electron chi connectivity index (χ2n) is 7.29. The minimum Gasteiger partial charge on any atom is -0.495 e. The van der Waals surface area contributed by atoms with Crippen LogP contribution in [0.15, 0.2) is 35.4 Å². The number of rotatable bonds is 6. The number of hydrogen-bond donors (Lipinski definition) is 3. The fourth-order valence-electron chi connectivity index (χ4n) is 3.81. The normalized spacial score (nSPS) is 14.9. The quantitative estimate of drug-likeness (QED) is 0.537. The molecule has 0 spiro atoms. The molecule has 31 heavy (non-hydrogen) atoms. The first-order valence-corrected chi connectivity index (χ1v) is 11.5. The molecule has 0 unspecified atom stereocenters. The monoisotopic (exact) mass is 440 g/mol. The van der Waals surface area contributed by atoms with Gasteiger partial charge in [-0.1, -0.05) is 6.42 Å². The molecule has 162 valence electrons. The van der Waals surface area contributed by atoms with Gasteiger partial charge in [-0.3, -0.25) is 0 Å². The Labute approximate surface area is 181 Å². The number of sulfonamides is 1. The van der Waals surface area contributed by atoms with E-state index in [9.17, 15) is 13.7 Å². The van der Waals surface area contributed by atoms with Gasteiger partial charge in [-0.25, -0.2) is 13.4 Å². The number of methoxy groups -OCH3 is 1. The Kier molecular flexibility index (Phi) is 5.71. The van der Waals surface area contributed by atoms with E-state index in [1.54, 1.807) is 31.4 Å². The van der Waals surface area contributed by atoms with Crippen molar-refractivity contribution in [1.29, 1.82) is 5.26 Å². The molecule has 1 aliphatic heterocycles. The number of aromatic nitrogens is 2. The van der Waals surface area contributed by atoms with Gasteiger partial charge in [0.1, 0.15) is 23.3 Å². The third-order valence-corrected chi connectivity index (χ3v) is 7.31. The first kappa shape index (κ1) is 21.0. The van der Waals surface area contributed by atoms with E-state index < -0.39 is 10.0 Å². The van der Waals surface area contributed by atoms with Crippen LogP contribution in [-0.4, -0.2) is 49.9 Å². The Balaban J connectivity index is 1.67. The van der Waals surface area contributed by atoms with Gasteiger partial charge in [-0.05, 0) is 25.0 Å². The molecule has 2 aromatic heterocycles. The second-order valence-corrected chi connectivity index (χ2v) is 9.23. The Morgan fingerprint density at radius 1 is 1.19 bits per heavy atom. The van der Waals surface area contributed by atoms with E-state index in [1.807, 2.05) is 0 Å².